The van der Waals surface area contributed by atoms with E-state index in [0.717, 1.165) is 0 Å². The monoisotopic (exact) mass is 282 g/mol. The van der Waals surface area contributed by atoms with E-state index in [1.807, 2.05) is 0 Å². The molecule has 0 radical (unpaired) electrons. The number of aromatic carboxylic acids is 1. The fourth-order valence-electron chi connectivity index (χ4n) is 1.37. The largest absolute Gasteiger partial charge is 0.476 e. The predicted molar refractivity (Wildman–Crippen MR) is 65.2 cm³/mol. The van der Waals surface area contributed by atoms with Gasteiger partial charge in [-0.25, -0.2) is 19.2 Å². The molecule has 2 rings (SSSR count). The second-order valence-corrected chi connectivity index (χ2v) is 4.00. The van der Waals surface area contributed by atoms with E-state index in [0.29, 0.717) is 0 Å². The molecule has 0 spiro atoms. The highest BCUT2D eigenvalue weighted by Crippen LogP contribution is 2.29. The standard InChI is InChI=1S/C12H8ClFN2O3/c1-6-15-5-9(11(16-6)12(17)18)19-8-4-2-3-7(13)10(8)14/h2-5H,1H3,(H,17,18). The Morgan fingerprint density at radius 2 is 2.16 bits per heavy atom. The maximum absolute atomic E-state index is 13.7. The topological polar surface area (TPSA) is 72.3 Å². The highest BCUT2D eigenvalue weighted by Gasteiger charge is 2.17. The van der Waals surface area contributed by atoms with E-state index in [-0.39, 0.29) is 28.0 Å². The maximum Gasteiger partial charge on any atom is 0.358 e. The van der Waals surface area contributed by atoms with Crippen molar-refractivity contribution in [3.8, 4) is 11.5 Å². The molecule has 98 valence electrons. The SMILES string of the molecule is Cc1ncc(Oc2cccc(Cl)c2F)c(C(=O)O)n1. The summed E-state index contributed by atoms with van der Waals surface area (Å²) in [5.74, 6) is -2.14. The Hall–Kier alpha value is -2.21. The highest BCUT2D eigenvalue weighted by atomic mass is 35.5. The van der Waals surface area contributed by atoms with E-state index in [2.05, 4.69) is 9.97 Å². The Kier molecular flexibility index (Phi) is 3.62. The third-order valence-electron chi connectivity index (χ3n) is 2.21. The molecule has 0 aliphatic rings. The van der Waals surface area contributed by atoms with Crippen molar-refractivity contribution >= 4 is 17.6 Å². The Morgan fingerprint density at radius 3 is 2.84 bits per heavy atom. The molecule has 1 N–H and O–H groups in total. The lowest BCUT2D eigenvalue weighted by Crippen LogP contribution is -2.06. The Balaban J connectivity index is 2.44. The third kappa shape index (κ3) is 2.79. The van der Waals surface area contributed by atoms with Gasteiger partial charge in [0.15, 0.2) is 23.0 Å². The van der Waals surface area contributed by atoms with Gasteiger partial charge in [-0.05, 0) is 19.1 Å². The van der Waals surface area contributed by atoms with E-state index in [9.17, 15) is 9.18 Å². The first-order valence-electron chi connectivity index (χ1n) is 5.18. The van der Waals surface area contributed by atoms with E-state index in [4.69, 9.17) is 21.4 Å². The molecule has 0 saturated heterocycles. The molecule has 2 aromatic rings. The minimum absolute atomic E-state index is 0.123. The summed E-state index contributed by atoms with van der Waals surface area (Å²) >= 11 is 5.61. The zero-order valence-corrected chi connectivity index (χ0v) is 10.5. The van der Waals surface area contributed by atoms with Gasteiger partial charge in [-0.1, -0.05) is 17.7 Å². The fraction of sp³-hybridized carbons (Fsp3) is 0.0833. The fourth-order valence-corrected chi connectivity index (χ4v) is 1.53. The van der Waals surface area contributed by atoms with Crippen LogP contribution in [0.2, 0.25) is 5.02 Å². The number of carbonyl (C=O) groups is 1. The maximum atomic E-state index is 13.7. The molecule has 0 saturated carbocycles. The van der Waals surface area contributed by atoms with Gasteiger partial charge in [0.1, 0.15) is 5.82 Å². The predicted octanol–water partition coefficient (Wildman–Crippen LogP) is 3.07. The number of benzene rings is 1. The number of aromatic nitrogens is 2. The molecule has 0 atom stereocenters. The van der Waals surface area contributed by atoms with Gasteiger partial charge in [-0.3, -0.25) is 0 Å². The van der Waals surface area contributed by atoms with Crippen molar-refractivity contribution in [1.82, 2.24) is 9.97 Å². The number of carboxylic acid groups (broad SMARTS) is 1. The van der Waals surface area contributed by atoms with Crippen LogP contribution in [0.15, 0.2) is 24.4 Å². The molecular weight excluding hydrogens is 275 g/mol. The van der Waals surface area contributed by atoms with Crippen molar-refractivity contribution in [2.24, 2.45) is 0 Å². The normalized spacial score (nSPS) is 10.3. The summed E-state index contributed by atoms with van der Waals surface area (Å²) in [5, 5.41) is 8.88. The van der Waals surface area contributed by atoms with E-state index < -0.39 is 11.8 Å². The number of hydrogen-bond acceptors (Lipinski definition) is 4. The van der Waals surface area contributed by atoms with Gasteiger partial charge in [0.25, 0.3) is 0 Å². The molecule has 0 aliphatic carbocycles. The second-order valence-electron chi connectivity index (χ2n) is 3.59. The number of nitrogens with zero attached hydrogens (tertiary/aromatic N) is 2. The zero-order chi connectivity index (χ0) is 14.0. The number of halogens is 2. The van der Waals surface area contributed by atoms with Crippen molar-refractivity contribution in [2.75, 3.05) is 0 Å². The second kappa shape index (κ2) is 5.19. The third-order valence-corrected chi connectivity index (χ3v) is 2.51. The highest BCUT2D eigenvalue weighted by molar-refractivity contribution is 6.30. The Bertz CT molecular complexity index is 649. The first-order valence-corrected chi connectivity index (χ1v) is 5.55. The summed E-state index contributed by atoms with van der Waals surface area (Å²) < 4.78 is 18.8. The van der Waals surface area contributed by atoms with Gasteiger partial charge in [-0.15, -0.1) is 0 Å². The van der Waals surface area contributed by atoms with Gasteiger partial charge in [0, 0.05) is 0 Å². The number of carboxylic acids is 1. The molecule has 0 aliphatic heterocycles. The van der Waals surface area contributed by atoms with E-state index >= 15 is 0 Å². The molecule has 0 amide bonds. The van der Waals surface area contributed by atoms with Crippen molar-refractivity contribution in [2.45, 2.75) is 6.92 Å². The van der Waals surface area contributed by atoms with Crippen LogP contribution >= 0.6 is 11.6 Å². The lowest BCUT2D eigenvalue weighted by molar-refractivity contribution is 0.0686. The number of ether oxygens (including phenoxy) is 1. The van der Waals surface area contributed by atoms with Crippen molar-refractivity contribution in [1.29, 1.82) is 0 Å². The number of hydrogen-bond donors (Lipinski definition) is 1. The van der Waals surface area contributed by atoms with Crippen LogP contribution in [0.5, 0.6) is 11.5 Å². The summed E-state index contributed by atoms with van der Waals surface area (Å²) in [6, 6.07) is 4.16. The van der Waals surface area contributed by atoms with Gasteiger partial charge in [0.2, 0.25) is 0 Å². The lowest BCUT2D eigenvalue weighted by Gasteiger charge is -2.09. The first kappa shape index (κ1) is 13.2. The summed E-state index contributed by atoms with van der Waals surface area (Å²) in [6.07, 6.45) is 1.17. The molecule has 19 heavy (non-hydrogen) atoms. The molecule has 5 nitrogen and oxygen atoms in total. The van der Waals surface area contributed by atoms with Crippen molar-refractivity contribution in [3.05, 3.63) is 46.8 Å². The average molecular weight is 283 g/mol. The summed E-state index contributed by atoms with van der Waals surface area (Å²) in [5.41, 5.74) is -0.341. The van der Waals surface area contributed by atoms with Crippen molar-refractivity contribution in [3.63, 3.8) is 0 Å². The van der Waals surface area contributed by atoms with Crippen LogP contribution in [-0.4, -0.2) is 21.0 Å². The Labute approximate surface area is 112 Å². The summed E-state index contributed by atoms with van der Waals surface area (Å²) in [6.45, 7) is 1.54. The molecule has 1 heterocycles. The smallest absolute Gasteiger partial charge is 0.358 e. The Morgan fingerprint density at radius 1 is 1.42 bits per heavy atom. The van der Waals surface area contributed by atoms with E-state index in [1.165, 1.54) is 31.3 Å². The molecule has 0 fully saturated rings. The minimum atomic E-state index is -1.29. The van der Waals surface area contributed by atoms with Crippen LogP contribution in [0.4, 0.5) is 4.39 Å². The molecule has 0 unspecified atom stereocenters. The molecule has 0 bridgehead atoms. The van der Waals surface area contributed by atoms with Crippen LogP contribution in [0.25, 0.3) is 0 Å². The molecular formula is C12H8ClFN2O3. The number of rotatable bonds is 3. The summed E-state index contributed by atoms with van der Waals surface area (Å²) in [4.78, 5) is 18.6. The lowest BCUT2D eigenvalue weighted by atomic mass is 10.3. The zero-order valence-electron chi connectivity index (χ0n) is 9.72. The molecule has 7 heteroatoms. The van der Waals surface area contributed by atoms with Crippen LogP contribution < -0.4 is 4.74 Å². The van der Waals surface area contributed by atoms with Crippen LogP contribution in [0.1, 0.15) is 16.3 Å². The number of aryl methyl sites for hydroxylation is 1. The van der Waals surface area contributed by atoms with Crippen LogP contribution in [0.3, 0.4) is 0 Å². The summed E-state index contributed by atoms with van der Waals surface area (Å²) in [7, 11) is 0. The quantitative estimate of drug-likeness (QED) is 0.936. The molecule has 1 aromatic heterocycles. The van der Waals surface area contributed by atoms with Gasteiger partial charge < -0.3 is 9.84 Å². The minimum Gasteiger partial charge on any atom is -0.476 e. The van der Waals surface area contributed by atoms with Crippen LogP contribution in [-0.2, 0) is 0 Å². The van der Waals surface area contributed by atoms with Gasteiger partial charge >= 0.3 is 5.97 Å². The van der Waals surface area contributed by atoms with Gasteiger partial charge in [-0.2, -0.15) is 0 Å². The average Bonchev–Trinajstić information content (AvgIpc) is 2.36. The molecule has 1 aromatic carbocycles. The first-order chi connectivity index (χ1) is 8.99. The van der Waals surface area contributed by atoms with Crippen molar-refractivity contribution < 1.29 is 19.0 Å². The van der Waals surface area contributed by atoms with Crippen LogP contribution in [0, 0.1) is 12.7 Å². The van der Waals surface area contributed by atoms with E-state index in [1.54, 1.807) is 0 Å². The van der Waals surface area contributed by atoms with Gasteiger partial charge in [0.05, 0.1) is 11.2 Å².